The van der Waals surface area contributed by atoms with E-state index in [9.17, 15) is 18.0 Å². The van der Waals surface area contributed by atoms with Gasteiger partial charge in [-0.05, 0) is 19.3 Å². The van der Waals surface area contributed by atoms with Crippen LogP contribution in [0, 0.1) is 0 Å². The maximum absolute atomic E-state index is 12.5. The number of carbonyl (C=O) groups is 1. The summed E-state index contributed by atoms with van der Waals surface area (Å²) in [6.45, 7) is 0.439. The molecule has 20 heavy (non-hydrogen) atoms. The topological polar surface area (TPSA) is 75.0 Å². The third-order valence-electron chi connectivity index (χ3n) is 3.17. The molecule has 0 bridgehead atoms. The van der Waals surface area contributed by atoms with Crippen LogP contribution in [0.2, 0.25) is 0 Å². The number of nitrogens with zero attached hydrogens (tertiary/aromatic N) is 2. The highest BCUT2D eigenvalue weighted by atomic mass is 19.4. The minimum atomic E-state index is -4.44. The monoisotopic (exact) mass is 290 g/mol. The maximum atomic E-state index is 12.5. The number of nitrogen functional groups attached to an aromatic ring is 1. The van der Waals surface area contributed by atoms with E-state index >= 15 is 0 Å². The van der Waals surface area contributed by atoms with Gasteiger partial charge in [0, 0.05) is 12.5 Å². The second-order valence-electron chi connectivity index (χ2n) is 5.02. The molecule has 0 saturated heterocycles. The number of alkyl halides is 3. The van der Waals surface area contributed by atoms with Gasteiger partial charge >= 0.3 is 6.18 Å². The molecule has 0 atom stereocenters. The average Bonchev–Trinajstić information content (AvgIpc) is 3.10. The van der Waals surface area contributed by atoms with Gasteiger partial charge in [-0.3, -0.25) is 9.89 Å². The largest absolute Gasteiger partial charge is 0.406 e. The lowest BCUT2D eigenvalue weighted by molar-refractivity contribution is -0.140. The number of aromatic nitrogens is 2. The van der Waals surface area contributed by atoms with Gasteiger partial charge in [-0.15, -0.1) is 0 Å². The summed E-state index contributed by atoms with van der Waals surface area (Å²) < 4.78 is 37.5. The standard InChI is InChI=1S/C12H17F3N4O/c1-2-5-19(6-12(13,14)15)11(20)10-8(16)9(17-18-10)7-3-4-7/h7H,2-6,16H2,1H3,(H,17,18). The van der Waals surface area contributed by atoms with E-state index in [1.807, 2.05) is 0 Å². The van der Waals surface area contributed by atoms with E-state index in [0.717, 1.165) is 17.7 Å². The van der Waals surface area contributed by atoms with Crippen molar-refractivity contribution < 1.29 is 18.0 Å². The lowest BCUT2D eigenvalue weighted by Gasteiger charge is -2.22. The molecule has 1 fully saturated rings. The predicted molar refractivity (Wildman–Crippen MR) is 67.2 cm³/mol. The first-order chi connectivity index (χ1) is 9.33. The Morgan fingerprint density at radius 2 is 2.15 bits per heavy atom. The number of carbonyl (C=O) groups excluding carboxylic acids is 1. The molecule has 3 N–H and O–H groups in total. The van der Waals surface area contributed by atoms with E-state index in [2.05, 4.69) is 10.2 Å². The zero-order chi connectivity index (χ0) is 14.9. The van der Waals surface area contributed by atoms with E-state index in [-0.39, 0.29) is 23.8 Å². The summed E-state index contributed by atoms with van der Waals surface area (Å²) in [5, 5.41) is 6.47. The number of hydrogen-bond donors (Lipinski definition) is 2. The highest BCUT2D eigenvalue weighted by molar-refractivity contribution is 5.97. The molecule has 8 heteroatoms. The Labute approximate surface area is 114 Å². The summed E-state index contributed by atoms with van der Waals surface area (Å²) >= 11 is 0. The smallest absolute Gasteiger partial charge is 0.395 e. The van der Waals surface area contributed by atoms with Crippen LogP contribution in [0.15, 0.2) is 0 Å². The number of anilines is 1. The van der Waals surface area contributed by atoms with Crippen molar-refractivity contribution in [1.82, 2.24) is 15.1 Å². The molecule has 0 aromatic carbocycles. The number of hydrogen-bond acceptors (Lipinski definition) is 3. The first kappa shape index (κ1) is 14.7. The lowest BCUT2D eigenvalue weighted by Crippen LogP contribution is -2.39. The summed E-state index contributed by atoms with van der Waals surface area (Å²) in [7, 11) is 0. The van der Waals surface area contributed by atoms with E-state index < -0.39 is 18.6 Å². The van der Waals surface area contributed by atoms with Crippen molar-refractivity contribution in [3.8, 4) is 0 Å². The average molecular weight is 290 g/mol. The number of nitrogens with one attached hydrogen (secondary N) is 1. The van der Waals surface area contributed by atoms with E-state index in [4.69, 9.17) is 5.73 Å². The summed E-state index contributed by atoms with van der Waals surface area (Å²) in [6, 6.07) is 0. The Morgan fingerprint density at radius 1 is 1.50 bits per heavy atom. The minimum Gasteiger partial charge on any atom is -0.395 e. The molecule has 1 aliphatic carbocycles. The second-order valence-corrected chi connectivity index (χ2v) is 5.02. The van der Waals surface area contributed by atoms with Crippen molar-refractivity contribution in [3.63, 3.8) is 0 Å². The molecule has 0 radical (unpaired) electrons. The number of rotatable bonds is 5. The van der Waals surface area contributed by atoms with Crippen molar-refractivity contribution in [2.45, 2.75) is 38.3 Å². The third-order valence-corrected chi connectivity index (χ3v) is 3.17. The van der Waals surface area contributed by atoms with Crippen LogP contribution in [0.4, 0.5) is 18.9 Å². The van der Waals surface area contributed by atoms with Crippen molar-refractivity contribution >= 4 is 11.6 Å². The Bertz CT molecular complexity index is 493. The molecule has 1 aromatic heterocycles. The summed E-state index contributed by atoms with van der Waals surface area (Å²) in [5.41, 5.74) is 6.56. The van der Waals surface area contributed by atoms with Gasteiger partial charge in [0.2, 0.25) is 0 Å². The van der Waals surface area contributed by atoms with Crippen molar-refractivity contribution in [1.29, 1.82) is 0 Å². The third kappa shape index (κ3) is 3.23. The zero-order valence-electron chi connectivity index (χ0n) is 11.1. The molecule has 1 aliphatic rings. The van der Waals surface area contributed by atoms with Crippen molar-refractivity contribution in [2.75, 3.05) is 18.8 Å². The molecule has 1 aromatic rings. The van der Waals surface area contributed by atoms with Gasteiger partial charge in [-0.25, -0.2) is 0 Å². The molecule has 0 unspecified atom stereocenters. The van der Waals surface area contributed by atoms with Gasteiger partial charge in [0.1, 0.15) is 6.54 Å². The second kappa shape index (κ2) is 5.34. The molecule has 5 nitrogen and oxygen atoms in total. The van der Waals surface area contributed by atoms with Crippen molar-refractivity contribution in [3.05, 3.63) is 11.4 Å². The highest BCUT2D eigenvalue weighted by Crippen LogP contribution is 2.42. The van der Waals surface area contributed by atoms with Crippen LogP contribution in [-0.4, -0.2) is 40.3 Å². The Kier molecular flexibility index (Phi) is 3.92. The molecule has 0 spiro atoms. The van der Waals surface area contributed by atoms with Crippen LogP contribution in [0.25, 0.3) is 0 Å². The van der Waals surface area contributed by atoms with Crippen LogP contribution in [0.5, 0.6) is 0 Å². The number of aromatic amines is 1. The van der Waals surface area contributed by atoms with Crippen LogP contribution in [-0.2, 0) is 0 Å². The fourth-order valence-corrected chi connectivity index (χ4v) is 2.10. The highest BCUT2D eigenvalue weighted by Gasteiger charge is 2.36. The Hall–Kier alpha value is -1.73. The lowest BCUT2D eigenvalue weighted by atomic mass is 10.2. The molecule has 1 saturated carbocycles. The van der Waals surface area contributed by atoms with Crippen LogP contribution < -0.4 is 5.73 Å². The van der Waals surface area contributed by atoms with Gasteiger partial charge < -0.3 is 10.6 Å². The number of H-pyrrole nitrogens is 1. The molecular weight excluding hydrogens is 273 g/mol. The fraction of sp³-hybridized carbons (Fsp3) is 0.667. The quantitative estimate of drug-likeness (QED) is 0.873. The normalized spacial score (nSPS) is 15.4. The SMILES string of the molecule is CCCN(CC(F)(F)F)C(=O)c1n[nH]c(C2CC2)c1N. The zero-order valence-corrected chi connectivity index (χ0v) is 11.1. The number of amides is 1. The van der Waals surface area contributed by atoms with Crippen LogP contribution >= 0.6 is 0 Å². The van der Waals surface area contributed by atoms with E-state index in [0.29, 0.717) is 12.1 Å². The molecule has 1 heterocycles. The molecule has 0 aliphatic heterocycles. The minimum absolute atomic E-state index is 0.0173. The predicted octanol–water partition coefficient (Wildman–Crippen LogP) is 2.28. The summed E-state index contributed by atoms with van der Waals surface area (Å²) in [5.74, 6) is -0.517. The number of nitrogens with two attached hydrogens (primary N) is 1. The van der Waals surface area contributed by atoms with Gasteiger partial charge in [0.15, 0.2) is 5.69 Å². The van der Waals surface area contributed by atoms with Crippen LogP contribution in [0.1, 0.15) is 48.3 Å². The van der Waals surface area contributed by atoms with Gasteiger partial charge in [0.05, 0.1) is 11.4 Å². The van der Waals surface area contributed by atoms with Gasteiger partial charge in [-0.1, -0.05) is 6.92 Å². The Morgan fingerprint density at radius 3 is 2.65 bits per heavy atom. The first-order valence-electron chi connectivity index (χ1n) is 6.53. The van der Waals surface area contributed by atoms with E-state index in [1.54, 1.807) is 6.92 Å². The van der Waals surface area contributed by atoms with Crippen LogP contribution in [0.3, 0.4) is 0 Å². The summed E-state index contributed by atoms with van der Waals surface area (Å²) in [4.78, 5) is 12.9. The summed E-state index contributed by atoms with van der Waals surface area (Å²) in [6.07, 6.45) is -2.08. The molecular formula is C12H17F3N4O. The Balaban J connectivity index is 2.18. The maximum Gasteiger partial charge on any atom is 0.406 e. The molecule has 2 rings (SSSR count). The molecule has 112 valence electrons. The van der Waals surface area contributed by atoms with Gasteiger partial charge in [0.25, 0.3) is 5.91 Å². The van der Waals surface area contributed by atoms with Crippen molar-refractivity contribution in [2.24, 2.45) is 0 Å². The van der Waals surface area contributed by atoms with Gasteiger partial charge in [-0.2, -0.15) is 18.3 Å². The first-order valence-corrected chi connectivity index (χ1v) is 6.53. The van der Waals surface area contributed by atoms with E-state index in [1.165, 1.54) is 0 Å². The number of halogens is 3. The molecule has 1 amide bonds. The fourth-order valence-electron chi connectivity index (χ4n) is 2.10.